The first kappa shape index (κ1) is 17.2. The fourth-order valence-electron chi connectivity index (χ4n) is 2.56. The molecule has 0 unspecified atom stereocenters. The summed E-state index contributed by atoms with van der Waals surface area (Å²) in [5.74, 6) is -0.998. The Morgan fingerprint density at radius 1 is 1.43 bits per heavy atom. The third-order valence-electron chi connectivity index (χ3n) is 3.87. The molecule has 1 fully saturated rings. The molecular formula is C17H20N2O3S. The maximum atomic E-state index is 12.2. The lowest BCUT2D eigenvalue weighted by Gasteiger charge is -2.32. The molecule has 1 aliphatic rings. The fourth-order valence-corrected chi connectivity index (χ4v) is 3.18. The van der Waals surface area contributed by atoms with Crippen molar-refractivity contribution in [3.63, 3.8) is 0 Å². The number of thiophene rings is 1. The van der Waals surface area contributed by atoms with Crippen molar-refractivity contribution in [3.8, 4) is 6.07 Å². The van der Waals surface area contributed by atoms with Crippen LogP contribution in [-0.2, 0) is 14.3 Å². The summed E-state index contributed by atoms with van der Waals surface area (Å²) in [5.41, 5.74) is -0.817. The van der Waals surface area contributed by atoms with Gasteiger partial charge < -0.3 is 10.1 Å². The van der Waals surface area contributed by atoms with Crippen LogP contribution >= 0.6 is 11.3 Å². The van der Waals surface area contributed by atoms with Gasteiger partial charge in [0.2, 0.25) is 0 Å². The number of nitrogens with one attached hydrogen (secondary N) is 1. The second-order valence-electron chi connectivity index (χ2n) is 5.67. The number of ether oxygens (including phenoxy) is 1. The minimum Gasteiger partial charge on any atom is -0.449 e. The van der Waals surface area contributed by atoms with Crippen molar-refractivity contribution in [1.29, 1.82) is 5.26 Å². The highest BCUT2D eigenvalue weighted by molar-refractivity contribution is 7.10. The molecule has 1 saturated carbocycles. The maximum absolute atomic E-state index is 12.2. The van der Waals surface area contributed by atoms with Gasteiger partial charge in [0.05, 0.1) is 6.07 Å². The zero-order valence-corrected chi connectivity index (χ0v) is 13.9. The molecule has 0 aliphatic heterocycles. The smallest absolute Gasteiger partial charge is 0.331 e. The number of esters is 1. The number of carbonyl (C=O) groups excluding carboxylic acids is 2. The molecule has 23 heavy (non-hydrogen) atoms. The van der Waals surface area contributed by atoms with Crippen molar-refractivity contribution >= 4 is 29.3 Å². The van der Waals surface area contributed by atoms with E-state index < -0.39 is 23.5 Å². The van der Waals surface area contributed by atoms with Gasteiger partial charge in [0.1, 0.15) is 5.54 Å². The third-order valence-corrected chi connectivity index (χ3v) is 4.71. The highest BCUT2D eigenvalue weighted by Gasteiger charge is 2.35. The van der Waals surface area contributed by atoms with Gasteiger partial charge in [-0.3, -0.25) is 4.79 Å². The van der Waals surface area contributed by atoms with E-state index in [-0.39, 0.29) is 0 Å². The fraction of sp³-hybridized carbons (Fsp3) is 0.471. The van der Waals surface area contributed by atoms with E-state index in [1.165, 1.54) is 24.3 Å². The van der Waals surface area contributed by atoms with Gasteiger partial charge >= 0.3 is 5.97 Å². The van der Waals surface area contributed by atoms with E-state index in [9.17, 15) is 14.9 Å². The van der Waals surface area contributed by atoms with Crippen LogP contribution in [0.5, 0.6) is 0 Å². The predicted molar refractivity (Wildman–Crippen MR) is 88.5 cm³/mol. The third kappa shape index (κ3) is 4.93. The Bertz CT molecular complexity index is 610. The molecule has 2 rings (SSSR count). The number of hydrogen-bond acceptors (Lipinski definition) is 5. The Balaban J connectivity index is 1.87. The minimum atomic E-state index is -0.928. The van der Waals surface area contributed by atoms with Crippen LogP contribution in [0.25, 0.3) is 6.08 Å². The standard InChI is InChI=1S/C17H20N2O3S/c1-13(22-15(20)8-7-14-6-5-11-23-14)16(21)19-17(12-18)9-3-2-4-10-17/h5-8,11,13H,2-4,9-10H2,1H3,(H,19,21)/b8-7+/t13-/m1/s1. The molecule has 0 radical (unpaired) electrons. The van der Waals surface area contributed by atoms with E-state index in [1.54, 1.807) is 6.08 Å². The molecule has 5 nitrogen and oxygen atoms in total. The van der Waals surface area contributed by atoms with Crippen molar-refractivity contribution < 1.29 is 14.3 Å². The van der Waals surface area contributed by atoms with E-state index in [1.807, 2.05) is 17.5 Å². The van der Waals surface area contributed by atoms with E-state index in [0.717, 1.165) is 24.1 Å². The quantitative estimate of drug-likeness (QED) is 0.664. The summed E-state index contributed by atoms with van der Waals surface area (Å²) in [5, 5.41) is 14.0. The Kier molecular flexibility index (Phi) is 5.94. The first-order valence-corrected chi connectivity index (χ1v) is 8.58. The molecule has 122 valence electrons. The number of nitrogens with zero attached hydrogens (tertiary/aromatic N) is 1. The van der Waals surface area contributed by atoms with Crippen molar-refractivity contribution in [2.45, 2.75) is 50.7 Å². The molecule has 6 heteroatoms. The zero-order valence-electron chi connectivity index (χ0n) is 13.1. The molecular weight excluding hydrogens is 312 g/mol. The summed E-state index contributed by atoms with van der Waals surface area (Å²) in [4.78, 5) is 24.9. The lowest BCUT2D eigenvalue weighted by Crippen LogP contribution is -2.52. The Morgan fingerprint density at radius 2 is 2.17 bits per heavy atom. The lowest BCUT2D eigenvalue weighted by molar-refractivity contribution is -0.150. The van der Waals surface area contributed by atoms with Crippen LogP contribution in [0.15, 0.2) is 23.6 Å². The lowest BCUT2D eigenvalue weighted by atomic mass is 9.83. The minimum absolute atomic E-state index is 0.425. The Labute approximate surface area is 139 Å². The number of amides is 1. The SMILES string of the molecule is C[C@@H](OC(=O)/C=C/c1cccs1)C(=O)NC1(C#N)CCCCC1. The molecule has 1 atom stereocenters. The van der Waals surface area contributed by atoms with Crippen LogP contribution in [0.2, 0.25) is 0 Å². The van der Waals surface area contributed by atoms with E-state index in [0.29, 0.717) is 12.8 Å². The van der Waals surface area contributed by atoms with Crippen LogP contribution in [0, 0.1) is 11.3 Å². The number of rotatable bonds is 5. The number of nitriles is 1. The largest absolute Gasteiger partial charge is 0.449 e. The summed E-state index contributed by atoms with van der Waals surface area (Å²) in [6, 6.07) is 5.98. The molecule has 0 spiro atoms. The van der Waals surface area contributed by atoms with Crippen LogP contribution in [0.4, 0.5) is 0 Å². The normalized spacial score (nSPS) is 18.1. The first-order valence-electron chi connectivity index (χ1n) is 7.70. The summed E-state index contributed by atoms with van der Waals surface area (Å²) in [7, 11) is 0. The summed E-state index contributed by atoms with van der Waals surface area (Å²) < 4.78 is 5.10. The van der Waals surface area contributed by atoms with Gasteiger partial charge in [-0.05, 0) is 37.3 Å². The average Bonchev–Trinajstić information content (AvgIpc) is 3.07. The van der Waals surface area contributed by atoms with Crippen molar-refractivity contribution in [3.05, 3.63) is 28.5 Å². The van der Waals surface area contributed by atoms with Crippen molar-refractivity contribution in [2.24, 2.45) is 0 Å². The molecule has 0 aromatic carbocycles. The molecule has 1 aromatic rings. The first-order chi connectivity index (χ1) is 11.0. The second kappa shape index (κ2) is 7.93. The van der Waals surface area contributed by atoms with E-state index in [4.69, 9.17) is 4.74 Å². The monoisotopic (exact) mass is 332 g/mol. The van der Waals surface area contributed by atoms with Crippen LogP contribution in [0.3, 0.4) is 0 Å². The zero-order chi connectivity index (χ0) is 16.7. The van der Waals surface area contributed by atoms with E-state index in [2.05, 4.69) is 11.4 Å². The predicted octanol–water partition coefficient (Wildman–Crippen LogP) is 3.04. The molecule has 1 N–H and O–H groups in total. The maximum Gasteiger partial charge on any atom is 0.331 e. The van der Waals surface area contributed by atoms with Crippen molar-refractivity contribution in [1.82, 2.24) is 5.32 Å². The average molecular weight is 332 g/mol. The highest BCUT2D eigenvalue weighted by atomic mass is 32.1. The Morgan fingerprint density at radius 3 is 2.78 bits per heavy atom. The van der Waals surface area contributed by atoms with Crippen molar-refractivity contribution in [2.75, 3.05) is 0 Å². The van der Waals surface area contributed by atoms with Crippen LogP contribution < -0.4 is 5.32 Å². The molecule has 1 aromatic heterocycles. The topological polar surface area (TPSA) is 79.2 Å². The molecule has 1 amide bonds. The summed E-state index contributed by atoms with van der Waals surface area (Å²) >= 11 is 1.51. The van der Waals surface area contributed by atoms with Gasteiger partial charge in [-0.15, -0.1) is 11.3 Å². The van der Waals surface area contributed by atoms with Gasteiger partial charge in [-0.25, -0.2) is 4.79 Å². The summed E-state index contributed by atoms with van der Waals surface area (Å²) in [6.07, 6.45) is 6.24. The Hall–Kier alpha value is -2.13. The number of carbonyl (C=O) groups is 2. The van der Waals surface area contributed by atoms with E-state index >= 15 is 0 Å². The van der Waals surface area contributed by atoms with Gasteiger partial charge in [-0.2, -0.15) is 5.26 Å². The van der Waals surface area contributed by atoms with Gasteiger partial charge in [0, 0.05) is 11.0 Å². The van der Waals surface area contributed by atoms with Gasteiger partial charge in [0.25, 0.3) is 5.91 Å². The molecule has 1 heterocycles. The van der Waals surface area contributed by atoms with Crippen LogP contribution in [0.1, 0.15) is 43.9 Å². The highest BCUT2D eigenvalue weighted by Crippen LogP contribution is 2.27. The van der Waals surface area contributed by atoms with Crippen LogP contribution in [-0.4, -0.2) is 23.5 Å². The molecule has 0 saturated heterocycles. The van der Waals surface area contributed by atoms with Gasteiger partial charge in [0.15, 0.2) is 6.10 Å². The summed E-state index contributed by atoms with van der Waals surface area (Å²) in [6.45, 7) is 1.51. The molecule has 1 aliphatic carbocycles. The van der Waals surface area contributed by atoms with Gasteiger partial charge in [-0.1, -0.05) is 25.3 Å². The second-order valence-corrected chi connectivity index (χ2v) is 6.65. The molecule has 0 bridgehead atoms. The number of hydrogen-bond donors (Lipinski definition) is 1.